The molecule has 0 aliphatic carbocycles. The Morgan fingerprint density at radius 1 is 1.23 bits per heavy atom. The lowest BCUT2D eigenvalue weighted by atomic mass is 10.0. The predicted molar refractivity (Wildman–Crippen MR) is 113 cm³/mol. The number of carbonyl (C=O) groups is 2. The topological polar surface area (TPSA) is 115 Å². The van der Waals surface area contributed by atoms with Crippen LogP contribution in [0.3, 0.4) is 0 Å². The Bertz CT molecular complexity index is 859. The number of carbonyl (C=O) groups excluding carboxylic acids is 1. The molecular formula is C22H28N4O4. The maximum Gasteiger partial charge on any atom is 0.407 e. The number of benzene rings is 1. The van der Waals surface area contributed by atoms with Crippen molar-refractivity contribution in [2.24, 2.45) is 0 Å². The zero-order valence-corrected chi connectivity index (χ0v) is 17.2. The molecule has 1 saturated heterocycles. The average Bonchev–Trinajstić information content (AvgIpc) is 3.18. The molecule has 3 rings (SSSR count). The number of amides is 2. The molecule has 4 N–H and O–H groups in total. The average molecular weight is 412 g/mol. The van der Waals surface area contributed by atoms with Gasteiger partial charge in [0.2, 0.25) is 5.91 Å². The molecule has 30 heavy (non-hydrogen) atoms. The van der Waals surface area contributed by atoms with Gasteiger partial charge in [0, 0.05) is 29.7 Å². The van der Waals surface area contributed by atoms with Crippen LogP contribution in [-0.4, -0.2) is 57.3 Å². The SMILES string of the molecule is CN[C@@H](C)C(=O)Nc1ccc(C[C@@H]2CC[C@H]([C@H](O)c3cccnc3)N2C(=O)O)cc1. The van der Waals surface area contributed by atoms with Crippen LogP contribution in [0.15, 0.2) is 48.8 Å². The quantitative estimate of drug-likeness (QED) is 0.555. The first kappa shape index (κ1) is 21.7. The monoisotopic (exact) mass is 412 g/mol. The molecule has 4 atom stereocenters. The smallest absolute Gasteiger partial charge is 0.407 e. The molecular weight excluding hydrogens is 384 g/mol. The van der Waals surface area contributed by atoms with Crippen molar-refractivity contribution >= 4 is 17.7 Å². The zero-order chi connectivity index (χ0) is 21.7. The number of aromatic nitrogens is 1. The van der Waals surface area contributed by atoms with Crippen molar-refractivity contribution in [2.75, 3.05) is 12.4 Å². The maximum absolute atomic E-state index is 12.0. The Kier molecular flexibility index (Phi) is 7.02. The van der Waals surface area contributed by atoms with Gasteiger partial charge in [-0.05, 0) is 57.0 Å². The third-order valence-corrected chi connectivity index (χ3v) is 5.68. The first-order valence-corrected chi connectivity index (χ1v) is 10.1. The normalized spacial score (nSPS) is 20.6. The number of anilines is 1. The summed E-state index contributed by atoms with van der Waals surface area (Å²) in [7, 11) is 1.72. The van der Waals surface area contributed by atoms with Crippen molar-refractivity contribution in [3.63, 3.8) is 0 Å². The zero-order valence-electron chi connectivity index (χ0n) is 17.2. The lowest BCUT2D eigenvalue weighted by Gasteiger charge is -2.30. The number of carboxylic acid groups (broad SMARTS) is 1. The Labute approximate surface area is 175 Å². The van der Waals surface area contributed by atoms with Crippen molar-refractivity contribution < 1.29 is 19.8 Å². The van der Waals surface area contributed by atoms with Crippen LogP contribution in [0.5, 0.6) is 0 Å². The molecule has 8 nitrogen and oxygen atoms in total. The van der Waals surface area contributed by atoms with E-state index in [2.05, 4.69) is 15.6 Å². The van der Waals surface area contributed by atoms with Gasteiger partial charge in [-0.15, -0.1) is 0 Å². The first-order valence-electron chi connectivity index (χ1n) is 10.1. The molecule has 0 bridgehead atoms. The molecule has 2 heterocycles. The molecule has 1 fully saturated rings. The van der Waals surface area contributed by atoms with E-state index in [0.29, 0.717) is 30.5 Å². The highest BCUT2D eigenvalue weighted by molar-refractivity contribution is 5.94. The Hall–Kier alpha value is -2.97. The third-order valence-electron chi connectivity index (χ3n) is 5.68. The van der Waals surface area contributed by atoms with Gasteiger partial charge in [0.25, 0.3) is 0 Å². The number of aliphatic hydroxyl groups is 1. The number of likely N-dealkylation sites (N-methyl/N-ethyl adjacent to an activating group) is 1. The summed E-state index contributed by atoms with van der Waals surface area (Å²) in [6, 6.07) is 9.89. The second-order valence-electron chi connectivity index (χ2n) is 7.62. The van der Waals surface area contributed by atoms with E-state index >= 15 is 0 Å². The Morgan fingerprint density at radius 2 is 1.97 bits per heavy atom. The first-order chi connectivity index (χ1) is 14.4. The predicted octanol–water partition coefficient (Wildman–Crippen LogP) is 2.42. The number of nitrogens with one attached hydrogen (secondary N) is 2. The molecule has 1 aromatic heterocycles. The molecule has 1 aromatic carbocycles. The van der Waals surface area contributed by atoms with Gasteiger partial charge in [0.1, 0.15) is 6.10 Å². The van der Waals surface area contributed by atoms with Crippen LogP contribution >= 0.6 is 0 Å². The molecule has 2 amide bonds. The van der Waals surface area contributed by atoms with Gasteiger partial charge in [-0.1, -0.05) is 18.2 Å². The number of rotatable bonds is 7. The Morgan fingerprint density at radius 3 is 2.57 bits per heavy atom. The molecule has 0 spiro atoms. The third kappa shape index (κ3) is 4.95. The van der Waals surface area contributed by atoms with E-state index in [0.717, 1.165) is 5.56 Å². The van der Waals surface area contributed by atoms with Crippen LogP contribution in [0.2, 0.25) is 0 Å². The van der Waals surface area contributed by atoms with Gasteiger partial charge in [-0.2, -0.15) is 0 Å². The van der Waals surface area contributed by atoms with Crippen LogP contribution < -0.4 is 10.6 Å². The lowest BCUT2D eigenvalue weighted by molar-refractivity contribution is -0.117. The van der Waals surface area contributed by atoms with Crippen LogP contribution in [0.4, 0.5) is 10.5 Å². The van der Waals surface area contributed by atoms with E-state index in [-0.39, 0.29) is 18.0 Å². The van der Waals surface area contributed by atoms with Crippen LogP contribution in [0, 0.1) is 0 Å². The van der Waals surface area contributed by atoms with Gasteiger partial charge in [-0.3, -0.25) is 14.7 Å². The van der Waals surface area contributed by atoms with Gasteiger partial charge in [0.15, 0.2) is 0 Å². The number of hydrogen-bond acceptors (Lipinski definition) is 5. The van der Waals surface area contributed by atoms with Crippen molar-refractivity contribution in [3.05, 3.63) is 59.9 Å². The highest BCUT2D eigenvalue weighted by Gasteiger charge is 2.41. The summed E-state index contributed by atoms with van der Waals surface area (Å²) < 4.78 is 0. The molecule has 0 unspecified atom stereocenters. The van der Waals surface area contributed by atoms with E-state index in [4.69, 9.17) is 0 Å². The van der Waals surface area contributed by atoms with Crippen molar-refractivity contribution in [2.45, 2.75) is 50.4 Å². The fourth-order valence-electron chi connectivity index (χ4n) is 3.87. The summed E-state index contributed by atoms with van der Waals surface area (Å²) in [5.74, 6) is -0.120. The number of pyridine rings is 1. The maximum atomic E-state index is 12.0. The standard InChI is InChI=1S/C22H28N4O4/c1-14(23-2)21(28)25-17-7-5-15(6-8-17)12-18-9-10-19(26(18)22(29)30)20(27)16-4-3-11-24-13-16/h3-8,11,13-14,18-20,23,27H,9-10,12H2,1-2H3,(H,25,28)(H,29,30)/t14-,18-,19+,20+/m0/s1. The van der Waals surface area contributed by atoms with Gasteiger partial charge in [-0.25, -0.2) is 4.79 Å². The minimum Gasteiger partial charge on any atom is -0.465 e. The summed E-state index contributed by atoms with van der Waals surface area (Å²) in [5.41, 5.74) is 2.28. The molecule has 1 aliphatic rings. The molecule has 8 heteroatoms. The van der Waals surface area contributed by atoms with E-state index in [1.807, 2.05) is 24.3 Å². The fourth-order valence-corrected chi connectivity index (χ4v) is 3.87. The number of aliphatic hydroxyl groups excluding tert-OH is 1. The lowest BCUT2D eigenvalue weighted by Crippen LogP contribution is -2.44. The van der Waals surface area contributed by atoms with E-state index < -0.39 is 18.2 Å². The minimum atomic E-state index is -1.03. The molecule has 2 aromatic rings. The van der Waals surface area contributed by atoms with Gasteiger partial charge >= 0.3 is 6.09 Å². The van der Waals surface area contributed by atoms with Crippen LogP contribution in [-0.2, 0) is 11.2 Å². The second-order valence-corrected chi connectivity index (χ2v) is 7.62. The molecule has 160 valence electrons. The van der Waals surface area contributed by atoms with Crippen molar-refractivity contribution in [1.82, 2.24) is 15.2 Å². The summed E-state index contributed by atoms with van der Waals surface area (Å²) in [6.45, 7) is 1.78. The van der Waals surface area contributed by atoms with Crippen molar-refractivity contribution in [1.29, 1.82) is 0 Å². The molecule has 0 radical (unpaired) electrons. The van der Waals surface area contributed by atoms with E-state index in [9.17, 15) is 19.8 Å². The fraction of sp³-hybridized carbons (Fsp3) is 0.409. The van der Waals surface area contributed by atoms with Crippen LogP contribution in [0.25, 0.3) is 0 Å². The van der Waals surface area contributed by atoms with Crippen LogP contribution in [0.1, 0.15) is 37.0 Å². The van der Waals surface area contributed by atoms with Crippen molar-refractivity contribution in [3.8, 4) is 0 Å². The summed E-state index contributed by atoms with van der Waals surface area (Å²) >= 11 is 0. The largest absolute Gasteiger partial charge is 0.465 e. The number of hydrogen-bond donors (Lipinski definition) is 4. The molecule has 1 aliphatic heterocycles. The molecule has 0 saturated carbocycles. The second kappa shape index (κ2) is 9.69. The highest BCUT2D eigenvalue weighted by atomic mass is 16.4. The Balaban J connectivity index is 1.67. The summed E-state index contributed by atoms with van der Waals surface area (Å²) in [5, 5.41) is 26.2. The summed E-state index contributed by atoms with van der Waals surface area (Å²) in [4.78, 5) is 29.3. The van der Waals surface area contributed by atoms with E-state index in [1.54, 1.807) is 38.5 Å². The highest BCUT2D eigenvalue weighted by Crippen LogP contribution is 2.34. The minimum absolute atomic E-state index is 0.120. The summed E-state index contributed by atoms with van der Waals surface area (Å²) in [6.07, 6.45) is 3.05. The number of nitrogens with zero attached hydrogens (tertiary/aromatic N) is 2. The van der Waals surface area contributed by atoms with Gasteiger partial charge < -0.3 is 20.8 Å². The number of likely N-dealkylation sites (tertiary alicyclic amines) is 1. The van der Waals surface area contributed by atoms with Gasteiger partial charge in [0.05, 0.1) is 12.1 Å². The van der Waals surface area contributed by atoms with E-state index in [1.165, 1.54) is 4.90 Å².